The highest BCUT2D eigenvalue weighted by atomic mass is 35.5. The fraction of sp³-hybridized carbons (Fsp3) is 0.167. The molecule has 18 heavy (non-hydrogen) atoms. The first-order valence-corrected chi connectivity index (χ1v) is 6.04. The number of fused-ring (bicyclic) bond motifs is 1. The van der Waals surface area contributed by atoms with E-state index in [-0.39, 0.29) is 24.2 Å². The van der Waals surface area contributed by atoms with E-state index in [2.05, 4.69) is 5.32 Å². The first kappa shape index (κ1) is 12.9. The minimum atomic E-state index is -0.223. The maximum Gasteiger partial charge on any atom is 0.262 e. The molecule has 1 aliphatic heterocycles. The van der Waals surface area contributed by atoms with E-state index in [0.717, 1.165) is 0 Å². The van der Waals surface area contributed by atoms with Crippen molar-refractivity contribution in [1.82, 2.24) is 0 Å². The average Bonchev–Trinajstić information content (AvgIpc) is 2.35. The molecule has 1 N–H and O–H groups in total. The smallest absolute Gasteiger partial charge is 0.262 e. The van der Waals surface area contributed by atoms with Crippen molar-refractivity contribution in [1.29, 1.82) is 0 Å². The van der Waals surface area contributed by atoms with E-state index >= 15 is 0 Å². The van der Waals surface area contributed by atoms with Gasteiger partial charge in [0, 0.05) is 0 Å². The number of alkyl halides is 1. The van der Waals surface area contributed by atoms with Crippen LogP contribution in [0.15, 0.2) is 18.2 Å². The molecule has 0 saturated heterocycles. The highest BCUT2D eigenvalue weighted by molar-refractivity contribution is 6.33. The number of ketones is 1. The number of hydrogen-bond donors (Lipinski definition) is 1. The van der Waals surface area contributed by atoms with Gasteiger partial charge in [-0.2, -0.15) is 0 Å². The lowest BCUT2D eigenvalue weighted by Gasteiger charge is -2.18. The zero-order chi connectivity index (χ0) is 13.1. The lowest BCUT2D eigenvalue weighted by atomic mass is 10.1. The van der Waals surface area contributed by atoms with Crippen molar-refractivity contribution < 1.29 is 14.3 Å². The van der Waals surface area contributed by atoms with Crippen LogP contribution in [0.5, 0.6) is 5.75 Å². The van der Waals surface area contributed by atoms with Crippen molar-refractivity contribution in [2.75, 3.05) is 17.8 Å². The van der Waals surface area contributed by atoms with Crippen LogP contribution in [-0.4, -0.2) is 24.2 Å². The van der Waals surface area contributed by atoms with Crippen molar-refractivity contribution in [3.05, 3.63) is 28.8 Å². The number of amides is 1. The second-order valence-corrected chi connectivity index (χ2v) is 4.31. The number of benzene rings is 1. The number of halogens is 2. The molecule has 2 rings (SSSR count). The molecule has 0 spiro atoms. The first-order valence-electron chi connectivity index (χ1n) is 5.13. The third kappa shape index (κ3) is 2.83. The van der Waals surface area contributed by atoms with Crippen molar-refractivity contribution >= 4 is 46.7 Å². The standard InChI is InChI=1S/C12H9Cl2NO3/c13-5-8(16)2-1-7-3-11-10(4-9(7)14)15-12(17)6-18-11/h1-4H,5-6H2,(H,15,17). The summed E-state index contributed by atoms with van der Waals surface area (Å²) in [7, 11) is 0. The lowest BCUT2D eigenvalue weighted by molar-refractivity contribution is -0.118. The number of nitrogens with one attached hydrogen (secondary N) is 1. The molecule has 1 heterocycles. The average molecular weight is 286 g/mol. The molecule has 0 aromatic heterocycles. The van der Waals surface area contributed by atoms with Gasteiger partial charge < -0.3 is 10.1 Å². The Kier molecular flexibility index (Phi) is 3.89. The van der Waals surface area contributed by atoms with Gasteiger partial charge in [0.25, 0.3) is 5.91 Å². The first-order chi connectivity index (χ1) is 8.60. The fourth-order valence-corrected chi connectivity index (χ4v) is 1.79. The highest BCUT2D eigenvalue weighted by Gasteiger charge is 2.17. The van der Waals surface area contributed by atoms with Crippen LogP contribution >= 0.6 is 23.2 Å². The predicted octanol–water partition coefficient (Wildman–Crippen LogP) is 2.49. The Morgan fingerprint density at radius 1 is 1.50 bits per heavy atom. The van der Waals surface area contributed by atoms with Gasteiger partial charge in [0.05, 0.1) is 16.6 Å². The largest absolute Gasteiger partial charge is 0.482 e. The summed E-state index contributed by atoms with van der Waals surface area (Å²) in [5, 5.41) is 3.06. The molecule has 0 saturated carbocycles. The summed E-state index contributed by atoms with van der Waals surface area (Å²) in [6.07, 6.45) is 2.91. The lowest BCUT2D eigenvalue weighted by Crippen LogP contribution is -2.25. The van der Waals surface area contributed by atoms with Crippen molar-refractivity contribution in [2.45, 2.75) is 0 Å². The van der Waals surface area contributed by atoms with E-state index in [1.807, 2.05) is 0 Å². The summed E-state index contributed by atoms with van der Waals surface area (Å²) in [6.45, 7) is -0.0294. The van der Waals surface area contributed by atoms with Crippen LogP contribution in [0.4, 0.5) is 5.69 Å². The Balaban J connectivity index is 2.31. The van der Waals surface area contributed by atoms with Crippen LogP contribution in [0.2, 0.25) is 5.02 Å². The Bertz CT molecular complexity index is 540. The van der Waals surface area contributed by atoms with E-state index in [4.69, 9.17) is 27.9 Å². The quantitative estimate of drug-likeness (QED) is 0.686. The predicted molar refractivity (Wildman–Crippen MR) is 70.3 cm³/mol. The maximum absolute atomic E-state index is 11.1. The molecule has 4 nitrogen and oxygen atoms in total. The number of ether oxygens (including phenoxy) is 1. The molecule has 0 bridgehead atoms. The minimum Gasteiger partial charge on any atom is -0.482 e. The van der Waals surface area contributed by atoms with E-state index in [0.29, 0.717) is 22.0 Å². The summed E-state index contributed by atoms with van der Waals surface area (Å²) >= 11 is 11.4. The highest BCUT2D eigenvalue weighted by Crippen LogP contribution is 2.33. The van der Waals surface area contributed by atoms with Gasteiger partial charge in [-0.25, -0.2) is 0 Å². The summed E-state index contributed by atoms with van der Waals surface area (Å²) in [5.41, 5.74) is 1.15. The molecule has 0 radical (unpaired) electrons. The van der Waals surface area contributed by atoms with Gasteiger partial charge in [-0.05, 0) is 29.8 Å². The molecule has 1 aliphatic rings. The maximum atomic E-state index is 11.1. The van der Waals surface area contributed by atoms with Crippen molar-refractivity contribution in [3.8, 4) is 5.75 Å². The number of carbonyl (C=O) groups is 2. The van der Waals surface area contributed by atoms with Gasteiger partial charge in [-0.1, -0.05) is 11.6 Å². The summed E-state index contributed by atoms with van der Waals surface area (Å²) in [4.78, 5) is 22.2. The second-order valence-electron chi connectivity index (χ2n) is 3.64. The molecule has 0 atom stereocenters. The summed E-state index contributed by atoms with van der Waals surface area (Å²) in [5.74, 6) is 0.0156. The minimum absolute atomic E-state index is 0.0294. The third-order valence-corrected chi connectivity index (χ3v) is 2.90. The number of allylic oxidation sites excluding steroid dienone is 1. The van der Waals surface area contributed by atoms with Crippen LogP contribution in [0.25, 0.3) is 6.08 Å². The number of carbonyl (C=O) groups excluding carboxylic acids is 2. The van der Waals surface area contributed by atoms with Gasteiger partial charge in [0.2, 0.25) is 0 Å². The number of hydrogen-bond acceptors (Lipinski definition) is 3. The van der Waals surface area contributed by atoms with Crippen molar-refractivity contribution in [3.63, 3.8) is 0 Å². The van der Waals surface area contributed by atoms with Gasteiger partial charge in [-0.3, -0.25) is 9.59 Å². The molecule has 94 valence electrons. The Hall–Kier alpha value is -1.52. The fourth-order valence-electron chi connectivity index (χ4n) is 1.47. The molecular formula is C12H9Cl2NO3. The topological polar surface area (TPSA) is 55.4 Å². The second kappa shape index (κ2) is 5.42. The Morgan fingerprint density at radius 2 is 2.28 bits per heavy atom. The molecule has 1 aromatic carbocycles. The molecule has 0 unspecified atom stereocenters. The van der Waals surface area contributed by atoms with Crippen LogP contribution in [0.1, 0.15) is 5.56 Å². The molecule has 1 amide bonds. The molecule has 0 aliphatic carbocycles. The zero-order valence-corrected chi connectivity index (χ0v) is 10.7. The Labute approximate surface area is 114 Å². The van der Waals surface area contributed by atoms with Crippen LogP contribution in [0.3, 0.4) is 0 Å². The van der Waals surface area contributed by atoms with Gasteiger partial charge in [0.15, 0.2) is 12.4 Å². The summed E-state index contributed by atoms with van der Waals surface area (Å²) < 4.78 is 5.25. The SMILES string of the molecule is O=C(C=Cc1cc2c(cc1Cl)NC(=O)CO2)CCl. The Morgan fingerprint density at radius 3 is 3.00 bits per heavy atom. The monoisotopic (exact) mass is 285 g/mol. The van der Waals surface area contributed by atoms with E-state index < -0.39 is 0 Å². The van der Waals surface area contributed by atoms with Crippen LogP contribution in [-0.2, 0) is 9.59 Å². The zero-order valence-electron chi connectivity index (χ0n) is 9.20. The third-order valence-electron chi connectivity index (χ3n) is 2.31. The molecule has 6 heteroatoms. The van der Waals surface area contributed by atoms with E-state index in [1.54, 1.807) is 18.2 Å². The molecular weight excluding hydrogens is 277 g/mol. The van der Waals surface area contributed by atoms with E-state index in [1.165, 1.54) is 6.08 Å². The van der Waals surface area contributed by atoms with Crippen molar-refractivity contribution in [2.24, 2.45) is 0 Å². The van der Waals surface area contributed by atoms with Crippen LogP contribution in [0, 0.1) is 0 Å². The number of rotatable bonds is 3. The molecule has 1 aromatic rings. The molecule has 0 fully saturated rings. The van der Waals surface area contributed by atoms with Gasteiger partial charge >= 0.3 is 0 Å². The summed E-state index contributed by atoms with van der Waals surface area (Å²) in [6, 6.07) is 3.24. The van der Waals surface area contributed by atoms with Gasteiger partial charge in [0.1, 0.15) is 5.75 Å². The number of anilines is 1. The van der Waals surface area contributed by atoms with E-state index in [9.17, 15) is 9.59 Å². The van der Waals surface area contributed by atoms with Gasteiger partial charge in [-0.15, -0.1) is 11.6 Å². The van der Waals surface area contributed by atoms with Crippen LogP contribution < -0.4 is 10.1 Å². The normalized spacial score (nSPS) is 14.0.